The van der Waals surface area contributed by atoms with Crippen LogP contribution in [0, 0.1) is 17.3 Å². The van der Waals surface area contributed by atoms with Crippen molar-refractivity contribution in [2.75, 3.05) is 13.2 Å². The second-order valence-electron chi connectivity index (χ2n) is 10.2. The summed E-state index contributed by atoms with van der Waals surface area (Å²) in [6.45, 7) is 3.91. The molecule has 6 rings (SSSR count). The highest BCUT2D eigenvalue weighted by Crippen LogP contribution is 2.60. The van der Waals surface area contributed by atoms with Crippen LogP contribution in [0.5, 0.6) is 0 Å². The van der Waals surface area contributed by atoms with Crippen LogP contribution in [0.1, 0.15) is 51.9 Å². The molecule has 1 aromatic carbocycles. The number of benzene rings is 1. The van der Waals surface area contributed by atoms with Crippen LogP contribution in [-0.4, -0.2) is 23.2 Å². The molecule has 1 fully saturated rings. The molecule has 1 unspecified atom stereocenters. The Balaban J connectivity index is 1.23. The summed E-state index contributed by atoms with van der Waals surface area (Å²) in [5, 5.41) is 1.89. The van der Waals surface area contributed by atoms with Crippen LogP contribution in [0.25, 0.3) is 0 Å². The van der Waals surface area contributed by atoms with E-state index in [2.05, 4.69) is 25.2 Å². The molecule has 4 heteroatoms. The third-order valence-electron chi connectivity index (χ3n) is 8.63. The van der Waals surface area contributed by atoms with E-state index in [1.165, 1.54) is 18.4 Å². The summed E-state index contributed by atoms with van der Waals surface area (Å²) in [6.07, 6.45) is 14.8. The Morgan fingerprint density at radius 3 is 2.72 bits per heavy atom. The number of ether oxygens (including phenoxy) is 2. The molecule has 4 aliphatic carbocycles. The first-order valence-electron chi connectivity index (χ1n) is 12.1. The first-order valence-corrected chi connectivity index (χ1v) is 13.3. The van der Waals surface area contributed by atoms with Crippen LogP contribution in [0.4, 0.5) is 0 Å². The highest BCUT2D eigenvalue weighted by atomic mass is 32.2. The third-order valence-corrected chi connectivity index (χ3v) is 9.75. The van der Waals surface area contributed by atoms with E-state index in [1.807, 2.05) is 35.7 Å². The monoisotopic (exact) mass is 448 g/mol. The average Bonchev–Trinajstić information content (AvgIpc) is 3.41. The Hall–Kier alpha value is -1.75. The summed E-state index contributed by atoms with van der Waals surface area (Å²) in [6, 6.07) is 9.74. The van der Waals surface area contributed by atoms with Gasteiger partial charge in [0.2, 0.25) is 0 Å². The summed E-state index contributed by atoms with van der Waals surface area (Å²) in [7, 11) is -1.10. The van der Waals surface area contributed by atoms with Gasteiger partial charge in [-0.1, -0.05) is 42.8 Å². The summed E-state index contributed by atoms with van der Waals surface area (Å²) >= 11 is 0. The van der Waals surface area contributed by atoms with E-state index in [1.54, 1.807) is 16.7 Å². The standard InChI is InChI=1S/C28H32O3S/c1-27-14-11-24-23-12-15-28(30-16-17-31-28)19-20(23)7-9-25(24)26(27)10-8-21(27)13-18-32(29)22-5-3-2-4-6-22/h2-6,8,11,13,18,25-26H,7,9-10,12,14-17,19H2,1H3/t25-,26+,27-,32?/m1/s1. The van der Waals surface area contributed by atoms with Crippen molar-refractivity contribution < 1.29 is 13.7 Å². The van der Waals surface area contributed by atoms with Crippen molar-refractivity contribution in [3.63, 3.8) is 0 Å². The number of fused-ring (bicyclic) bond motifs is 4. The number of hydrogen-bond acceptors (Lipinski definition) is 3. The number of rotatable bonds is 3. The Kier molecular flexibility index (Phi) is 5.16. The van der Waals surface area contributed by atoms with Gasteiger partial charge in [0.05, 0.1) is 24.0 Å². The first kappa shape index (κ1) is 20.8. The zero-order valence-corrected chi connectivity index (χ0v) is 19.7. The van der Waals surface area contributed by atoms with E-state index in [-0.39, 0.29) is 11.2 Å². The Morgan fingerprint density at radius 2 is 1.91 bits per heavy atom. The van der Waals surface area contributed by atoms with E-state index < -0.39 is 10.8 Å². The molecule has 1 aliphatic heterocycles. The van der Waals surface area contributed by atoms with E-state index in [9.17, 15) is 4.21 Å². The molecule has 1 heterocycles. The highest BCUT2D eigenvalue weighted by molar-refractivity contribution is 7.88. The van der Waals surface area contributed by atoms with Crippen molar-refractivity contribution in [2.24, 2.45) is 17.3 Å². The molecule has 0 bridgehead atoms. The first-order chi connectivity index (χ1) is 15.6. The van der Waals surface area contributed by atoms with E-state index in [0.29, 0.717) is 11.8 Å². The topological polar surface area (TPSA) is 35.5 Å². The largest absolute Gasteiger partial charge is 0.347 e. The van der Waals surface area contributed by atoms with Gasteiger partial charge < -0.3 is 9.47 Å². The quantitative estimate of drug-likeness (QED) is 0.550. The van der Waals surface area contributed by atoms with Crippen molar-refractivity contribution >= 4 is 10.8 Å². The normalized spacial score (nSPS) is 34.2. The summed E-state index contributed by atoms with van der Waals surface area (Å²) in [4.78, 5) is 0.868. The maximum atomic E-state index is 12.7. The van der Waals surface area contributed by atoms with Gasteiger partial charge in [0.1, 0.15) is 0 Å². The minimum atomic E-state index is -1.10. The van der Waals surface area contributed by atoms with Gasteiger partial charge in [0.15, 0.2) is 5.79 Å². The maximum absolute atomic E-state index is 12.7. The van der Waals surface area contributed by atoms with Crippen LogP contribution in [0.15, 0.2) is 81.2 Å². The lowest BCUT2D eigenvalue weighted by Crippen LogP contribution is -2.40. The van der Waals surface area contributed by atoms with Crippen LogP contribution in [-0.2, 0) is 20.3 Å². The third kappa shape index (κ3) is 3.34. The average molecular weight is 449 g/mol. The van der Waals surface area contributed by atoms with Gasteiger partial charge in [-0.05, 0) is 84.3 Å². The summed E-state index contributed by atoms with van der Waals surface area (Å²) in [5.74, 6) is 0.974. The van der Waals surface area contributed by atoms with Crippen LogP contribution >= 0.6 is 0 Å². The Labute approximate surface area is 193 Å². The van der Waals surface area contributed by atoms with Gasteiger partial charge in [0, 0.05) is 23.1 Å². The predicted molar refractivity (Wildman–Crippen MR) is 127 cm³/mol. The summed E-state index contributed by atoms with van der Waals surface area (Å²) < 4.78 is 24.8. The lowest BCUT2D eigenvalue weighted by Gasteiger charge is -2.48. The highest BCUT2D eigenvalue weighted by Gasteiger charge is 2.50. The van der Waals surface area contributed by atoms with Crippen LogP contribution in [0.3, 0.4) is 0 Å². The molecule has 168 valence electrons. The zero-order valence-electron chi connectivity index (χ0n) is 18.8. The molecule has 0 amide bonds. The van der Waals surface area contributed by atoms with Crippen LogP contribution < -0.4 is 0 Å². The molecule has 0 saturated carbocycles. The number of hydrogen-bond donors (Lipinski definition) is 0. The van der Waals surface area contributed by atoms with Gasteiger partial charge in [0.25, 0.3) is 0 Å². The van der Waals surface area contributed by atoms with Crippen molar-refractivity contribution in [3.05, 3.63) is 76.3 Å². The van der Waals surface area contributed by atoms with E-state index >= 15 is 0 Å². The minimum absolute atomic E-state index is 0.150. The molecule has 0 N–H and O–H groups in total. The molecule has 0 radical (unpaired) electrons. The second kappa shape index (κ2) is 7.93. The SMILES string of the molecule is C[C@]12CC=C3C4=C(CC[C@H]3[C@@H]1CC=C2C=CS(=O)c1ccccc1)CC1(CC4)OCCO1. The summed E-state index contributed by atoms with van der Waals surface area (Å²) in [5.41, 5.74) is 6.37. The minimum Gasteiger partial charge on any atom is -0.347 e. The fraction of sp³-hybridized carbons (Fsp3) is 0.500. The molecular weight excluding hydrogens is 416 g/mol. The van der Waals surface area contributed by atoms with Crippen molar-refractivity contribution in [1.82, 2.24) is 0 Å². The molecule has 4 atom stereocenters. The van der Waals surface area contributed by atoms with Crippen molar-refractivity contribution in [1.29, 1.82) is 0 Å². The smallest absolute Gasteiger partial charge is 0.172 e. The lowest BCUT2D eigenvalue weighted by molar-refractivity contribution is -0.164. The van der Waals surface area contributed by atoms with E-state index in [0.717, 1.165) is 50.2 Å². The maximum Gasteiger partial charge on any atom is 0.172 e. The fourth-order valence-electron chi connectivity index (χ4n) is 6.93. The van der Waals surface area contributed by atoms with Gasteiger partial charge in [-0.2, -0.15) is 0 Å². The molecule has 5 aliphatic rings. The van der Waals surface area contributed by atoms with Gasteiger partial charge in [-0.15, -0.1) is 0 Å². The van der Waals surface area contributed by atoms with Gasteiger partial charge in [-0.3, -0.25) is 0 Å². The molecule has 1 aromatic rings. The van der Waals surface area contributed by atoms with Crippen molar-refractivity contribution in [2.45, 2.75) is 62.6 Å². The van der Waals surface area contributed by atoms with Crippen molar-refractivity contribution in [3.8, 4) is 0 Å². The lowest BCUT2D eigenvalue weighted by atomic mass is 9.57. The molecule has 1 spiro atoms. The molecule has 32 heavy (non-hydrogen) atoms. The van der Waals surface area contributed by atoms with Gasteiger partial charge in [-0.25, -0.2) is 4.21 Å². The Bertz CT molecular complexity index is 1060. The molecule has 0 aromatic heterocycles. The number of allylic oxidation sites excluding steroid dienone is 6. The molecule has 1 saturated heterocycles. The Morgan fingerprint density at radius 1 is 1.09 bits per heavy atom. The zero-order chi connectivity index (χ0) is 21.8. The fourth-order valence-corrected chi connectivity index (χ4v) is 7.79. The van der Waals surface area contributed by atoms with E-state index in [4.69, 9.17) is 9.47 Å². The van der Waals surface area contributed by atoms with Crippen LogP contribution in [0.2, 0.25) is 0 Å². The second-order valence-corrected chi connectivity index (χ2v) is 11.5. The molecular formula is C28H32O3S. The van der Waals surface area contributed by atoms with Gasteiger partial charge >= 0.3 is 0 Å². The molecule has 3 nitrogen and oxygen atoms in total. The predicted octanol–water partition coefficient (Wildman–Crippen LogP) is 6.22.